The maximum absolute atomic E-state index is 13.4. The van der Waals surface area contributed by atoms with Crippen LogP contribution in [-0.4, -0.2) is 9.97 Å². The predicted molar refractivity (Wildman–Crippen MR) is 113 cm³/mol. The Kier molecular flexibility index (Phi) is 4.61. The van der Waals surface area contributed by atoms with Gasteiger partial charge < -0.3 is 14.6 Å². The van der Waals surface area contributed by atoms with Gasteiger partial charge in [0.2, 0.25) is 0 Å². The van der Waals surface area contributed by atoms with E-state index in [1.54, 1.807) is 6.07 Å². The van der Waals surface area contributed by atoms with E-state index in [4.69, 9.17) is 14.6 Å². The molecule has 0 aliphatic carbocycles. The molecule has 2 aromatic carbocycles. The Morgan fingerprint density at radius 1 is 0.871 bits per heavy atom. The molecule has 8 heteroatoms. The lowest BCUT2D eigenvalue weighted by Crippen LogP contribution is -2.21. The Morgan fingerprint density at radius 3 is 2.23 bits per heavy atom. The maximum Gasteiger partial charge on any atom is 0.468 e. The van der Waals surface area contributed by atoms with Crippen LogP contribution >= 0.6 is 0 Å². The molecular weight excluding hydrogens is 407 g/mol. The third kappa shape index (κ3) is 3.75. The van der Waals surface area contributed by atoms with E-state index in [2.05, 4.69) is 9.97 Å². The first-order valence-electron chi connectivity index (χ1n) is 9.93. The minimum atomic E-state index is -4.66. The van der Waals surface area contributed by atoms with Gasteiger partial charge in [-0.25, -0.2) is 4.98 Å². The molecule has 4 aromatic rings. The van der Waals surface area contributed by atoms with E-state index in [-0.39, 0.29) is 17.1 Å². The summed E-state index contributed by atoms with van der Waals surface area (Å²) < 4.78 is 51.0. The van der Waals surface area contributed by atoms with Gasteiger partial charge in [-0.15, -0.1) is 0 Å². The Balaban J connectivity index is 1.87. The van der Waals surface area contributed by atoms with Gasteiger partial charge in [-0.2, -0.15) is 18.2 Å². The van der Waals surface area contributed by atoms with Crippen LogP contribution in [0.5, 0.6) is 0 Å². The van der Waals surface area contributed by atoms with Crippen LogP contribution in [0, 0.1) is 0 Å². The van der Waals surface area contributed by atoms with Gasteiger partial charge in [0.1, 0.15) is 11.0 Å². The number of rotatable bonds is 3. The number of halogens is 3. The number of nitrogens with zero attached hydrogens (tertiary/aromatic N) is 2. The van der Waals surface area contributed by atoms with Crippen LogP contribution in [0.25, 0.3) is 22.2 Å². The molecule has 2 aromatic heterocycles. The molecule has 2 heterocycles. The van der Waals surface area contributed by atoms with Gasteiger partial charge in [0.25, 0.3) is 6.01 Å². The average Bonchev–Trinajstić information content (AvgIpc) is 3.22. The van der Waals surface area contributed by atoms with Crippen molar-refractivity contribution < 1.29 is 22.0 Å². The summed E-state index contributed by atoms with van der Waals surface area (Å²) >= 11 is 0. The van der Waals surface area contributed by atoms with Crippen molar-refractivity contribution in [1.29, 1.82) is 0 Å². The second-order valence-electron chi connectivity index (χ2n) is 9.48. The predicted octanol–water partition coefficient (Wildman–Crippen LogP) is 6.39. The molecule has 0 fully saturated rings. The van der Waals surface area contributed by atoms with E-state index in [1.165, 1.54) is 0 Å². The Labute approximate surface area is 177 Å². The molecular formula is C23H24F3N3O2. The van der Waals surface area contributed by atoms with E-state index in [0.717, 1.165) is 5.56 Å². The molecule has 0 aliphatic heterocycles. The highest BCUT2D eigenvalue weighted by molar-refractivity contribution is 5.82. The molecule has 0 unspecified atom stereocenters. The molecule has 31 heavy (non-hydrogen) atoms. The summed E-state index contributed by atoms with van der Waals surface area (Å²) in [5.74, 6) is -1.23. The number of nitrogen functional groups attached to an aromatic ring is 1. The SMILES string of the molecule is CC(C)(C)c1ccc(CC(C)(C)c2cccc3nc(N)oc23)c2nc(C(F)(F)F)oc12. The van der Waals surface area contributed by atoms with E-state index in [1.807, 2.05) is 58.9 Å². The molecule has 164 valence electrons. The molecule has 0 spiro atoms. The molecule has 4 rings (SSSR count). The molecule has 0 atom stereocenters. The van der Waals surface area contributed by atoms with E-state index < -0.39 is 22.9 Å². The summed E-state index contributed by atoms with van der Waals surface area (Å²) in [7, 11) is 0. The van der Waals surface area contributed by atoms with E-state index in [0.29, 0.717) is 28.6 Å². The first-order valence-corrected chi connectivity index (χ1v) is 9.93. The van der Waals surface area contributed by atoms with Crippen LogP contribution in [0.1, 0.15) is 57.2 Å². The fraction of sp³-hybridized carbons (Fsp3) is 0.391. The van der Waals surface area contributed by atoms with Crippen molar-refractivity contribution in [3.05, 3.63) is 52.9 Å². The largest absolute Gasteiger partial charge is 0.468 e. The van der Waals surface area contributed by atoms with E-state index in [9.17, 15) is 13.2 Å². The Morgan fingerprint density at radius 2 is 1.58 bits per heavy atom. The number of alkyl halides is 3. The Bertz CT molecular complexity index is 1280. The zero-order chi connectivity index (χ0) is 22.8. The van der Waals surface area contributed by atoms with Gasteiger partial charge in [0, 0.05) is 11.1 Å². The zero-order valence-corrected chi connectivity index (χ0v) is 18.0. The van der Waals surface area contributed by atoms with E-state index >= 15 is 0 Å². The summed E-state index contributed by atoms with van der Waals surface area (Å²) in [4.78, 5) is 8.03. The highest BCUT2D eigenvalue weighted by atomic mass is 19.4. The summed E-state index contributed by atoms with van der Waals surface area (Å²) in [6.45, 7) is 9.77. The van der Waals surface area contributed by atoms with Gasteiger partial charge in [0.05, 0.1) is 0 Å². The van der Waals surface area contributed by atoms with Gasteiger partial charge in [0.15, 0.2) is 11.2 Å². The number of benzene rings is 2. The van der Waals surface area contributed by atoms with Crippen molar-refractivity contribution in [2.24, 2.45) is 0 Å². The van der Waals surface area contributed by atoms with Crippen LogP contribution in [0.15, 0.2) is 39.2 Å². The molecule has 2 N–H and O–H groups in total. The minimum absolute atomic E-state index is 0.0708. The third-order valence-electron chi connectivity index (χ3n) is 5.47. The minimum Gasteiger partial charge on any atom is -0.433 e. The zero-order valence-electron chi connectivity index (χ0n) is 18.0. The standard InChI is InChI=1S/C23H24F3N3O2/c1-21(2,3)13-10-9-12(16-18(13)30-19(29-16)23(24,25)26)11-22(4,5)14-7-6-8-15-17(14)31-20(27)28-15/h6-10H,11H2,1-5H3,(H2,27,28). The highest BCUT2D eigenvalue weighted by Crippen LogP contribution is 2.40. The van der Waals surface area contributed by atoms with Gasteiger partial charge in [-0.05, 0) is 28.9 Å². The monoisotopic (exact) mass is 431 g/mol. The second-order valence-corrected chi connectivity index (χ2v) is 9.48. The normalized spacial score (nSPS) is 13.4. The van der Waals surface area contributed by atoms with Gasteiger partial charge in [-0.3, -0.25) is 0 Å². The van der Waals surface area contributed by atoms with Crippen LogP contribution in [0.2, 0.25) is 0 Å². The smallest absolute Gasteiger partial charge is 0.433 e. The first kappa shape index (κ1) is 21.2. The molecule has 0 aliphatic rings. The summed E-state index contributed by atoms with van der Waals surface area (Å²) in [6.07, 6.45) is -4.25. The van der Waals surface area contributed by atoms with Crippen molar-refractivity contribution in [1.82, 2.24) is 9.97 Å². The third-order valence-corrected chi connectivity index (χ3v) is 5.47. The summed E-state index contributed by atoms with van der Waals surface area (Å²) in [5, 5.41) is 0. The highest BCUT2D eigenvalue weighted by Gasteiger charge is 2.39. The lowest BCUT2D eigenvalue weighted by molar-refractivity contribution is -0.156. The van der Waals surface area contributed by atoms with Crippen LogP contribution in [0.3, 0.4) is 0 Å². The maximum atomic E-state index is 13.4. The number of oxazole rings is 2. The molecule has 0 radical (unpaired) electrons. The lowest BCUT2D eigenvalue weighted by Gasteiger charge is -2.26. The Hall–Kier alpha value is -3.03. The van der Waals surface area contributed by atoms with Gasteiger partial charge >= 0.3 is 12.1 Å². The summed E-state index contributed by atoms with van der Waals surface area (Å²) in [5.41, 5.74) is 8.64. The van der Waals surface area contributed by atoms with Gasteiger partial charge in [-0.1, -0.05) is 58.9 Å². The van der Waals surface area contributed by atoms with Crippen molar-refractivity contribution in [3.8, 4) is 0 Å². The number of hydrogen-bond acceptors (Lipinski definition) is 5. The quantitative estimate of drug-likeness (QED) is 0.407. The molecule has 5 nitrogen and oxygen atoms in total. The summed E-state index contributed by atoms with van der Waals surface area (Å²) in [6, 6.07) is 9.31. The first-order chi connectivity index (χ1) is 14.3. The number of aromatic nitrogens is 2. The average molecular weight is 431 g/mol. The van der Waals surface area contributed by atoms with Crippen molar-refractivity contribution in [3.63, 3.8) is 0 Å². The lowest BCUT2D eigenvalue weighted by atomic mass is 9.77. The number of nitrogens with two attached hydrogens (primary N) is 1. The molecule has 0 saturated heterocycles. The topological polar surface area (TPSA) is 78.1 Å². The number of para-hydroxylation sites is 1. The fourth-order valence-corrected chi connectivity index (χ4v) is 3.98. The van der Waals surface area contributed by atoms with Crippen molar-refractivity contribution in [2.75, 3.05) is 5.73 Å². The second kappa shape index (κ2) is 6.73. The van der Waals surface area contributed by atoms with Crippen molar-refractivity contribution >= 4 is 28.2 Å². The number of hydrogen-bond donors (Lipinski definition) is 1. The molecule has 0 bridgehead atoms. The molecule has 0 amide bonds. The van der Waals surface area contributed by atoms with Crippen molar-refractivity contribution in [2.45, 2.75) is 58.0 Å². The van der Waals surface area contributed by atoms with Crippen LogP contribution in [0.4, 0.5) is 19.2 Å². The molecule has 0 saturated carbocycles. The fourth-order valence-electron chi connectivity index (χ4n) is 3.98. The number of fused-ring (bicyclic) bond motifs is 2. The van der Waals surface area contributed by atoms with Crippen LogP contribution in [-0.2, 0) is 23.4 Å². The number of anilines is 1. The van der Waals surface area contributed by atoms with Crippen LogP contribution < -0.4 is 5.73 Å².